The number of likely N-dealkylation sites (N-methyl/N-ethyl adjacent to an activating group) is 1. The molecule has 0 radical (unpaired) electrons. The number of benzene rings is 3. The lowest BCUT2D eigenvalue weighted by Gasteiger charge is -2.36. The van der Waals surface area contributed by atoms with Crippen LogP contribution in [0.4, 0.5) is 11.4 Å². The Morgan fingerprint density at radius 3 is 2.53 bits per heavy atom. The number of nitrogens with zero attached hydrogens (tertiary/aromatic N) is 3. The molecule has 1 saturated heterocycles. The van der Waals surface area contributed by atoms with Crippen LogP contribution in [-0.4, -0.2) is 35.9 Å². The van der Waals surface area contributed by atoms with E-state index in [-0.39, 0.29) is 23.6 Å². The van der Waals surface area contributed by atoms with Gasteiger partial charge in [0.2, 0.25) is 6.79 Å². The molecule has 1 N–H and O–H groups in total. The lowest BCUT2D eigenvalue weighted by atomic mass is 9.62. The van der Waals surface area contributed by atoms with Gasteiger partial charge in [-0.3, -0.25) is 9.59 Å². The third-order valence-electron chi connectivity index (χ3n) is 8.13. The smallest absolute Gasteiger partial charge is 0.267 e. The summed E-state index contributed by atoms with van der Waals surface area (Å²) in [4.78, 5) is 31.1. The number of fused-ring (bicyclic) bond motifs is 3. The van der Waals surface area contributed by atoms with E-state index in [9.17, 15) is 9.59 Å². The summed E-state index contributed by atoms with van der Waals surface area (Å²) in [6.45, 7) is 4.35. The van der Waals surface area contributed by atoms with E-state index in [1.54, 1.807) is 4.90 Å². The summed E-state index contributed by atoms with van der Waals surface area (Å²) in [5.41, 5.74) is 0.798. The summed E-state index contributed by atoms with van der Waals surface area (Å²) < 4.78 is 11.3. The van der Waals surface area contributed by atoms with Crippen LogP contribution in [0.2, 0.25) is 0 Å². The normalized spacial score (nSPS) is 26.9. The number of hydrazone groups is 1. The average Bonchev–Trinajstić information content (AvgIpc) is 3.64. The number of thiocarbonyl (C=S) groups is 1. The molecule has 3 atom stereocenters. The Labute approximate surface area is 224 Å². The maximum atomic E-state index is 14.6. The summed E-state index contributed by atoms with van der Waals surface area (Å²) in [6, 6.07) is 22.6. The molecule has 38 heavy (non-hydrogen) atoms. The number of hydrogen-bond donors (Lipinski definition) is 1. The van der Waals surface area contributed by atoms with Crippen molar-refractivity contribution in [2.24, 2.45) is 10.5 Å². The molecule has 9 heteroatoms. The van der Waals surface area contributed by atoms with Crippen LogP contribution in [0, 0.1) is 5.41 Å². The van der Waals surface area contributed by atoms with Crippen molar-refractivity contribution in [3.05, 3.63) is 83.9 Å². The van der Waals surface area contributed by atoms with E-state index in [1.807, 2.05) is 86.6 Å². The molecule has 2 spiro atoms. The van der Waals surface area contributed by atoms with Crippen LogP contribution in [0.3, 0.4) is 0 Å². The maximum absolute atomic E-state index is 14.6. The molecule has 0 saturated carbocycles. The van der Waals surface area contributed by atoms with Gasteiger partial charge in [0.05, 0.1) is 16.4 Å². The Hall–Kier alpha value is -4.24. The minimum atomic E-state index is -1.38. The molecule has 1 fully saturated rings. The second-order valence-electron chi connectivity index (χ2n) is 9.82. The number of amides is 2. The Morgan fingerprint density at radius 2 is 1.74 bits per heavy atom. The van der Waals surface area contributed by atoms with E-state index in [0.717, 1.165) is 16.8 Å². The largest absolute Gasteiger partial charge is 0.454 e. The van der Waals surface area contributed by atoms with Crippen LogP contribution in [-0.2, 0) is 15.1 Å². The third-order valence-corrected chi connectivity index (χ3v) is 8.56. The third kappa shape index (κ3) is 2.64. The molecular formula is C29H24N4O4S. The second-order valence-corrected chi connectivity index (χ2v) is 10.2. The van der Waals surface area contributed by atoms with Gasteiger partial charge in [-0.1, -0.05) is 54.7 Å². The predicted octanol–water partition coefficient (Wildman–Crippen LogP) is 4.10. The van der Waals surface area contributed by atoms with Crippen molar-refractivity contribution in [3.8, 4) is 11.5 Å². The van der Waals surface area contributed by atoms with Crippen LogP contribution in [0.15, 0.2) is 77.9 Å². The molecule has 3 aromatic rings. The minimum absolute atomic E-state index is 0.114. The number of ether oxygens (including phenoxy) is 2. The Bertz CT molecular complexity index is 1570. The zero-order valence-electron chi connectivity index (χ0n) is 20.8. The molecular weight excluding hydrogens is 500 g/mol. The summed E-state index contributed by atoms with van der Waals surface area (Å²) in [5, 5.41) is 9.57. The molecule has 3 aromatic carbocycles. The highest BCUT2D eigenvalue weighted by Crippen LogP contribution is 2.62. The molecule has 0 bridgehead atoms. The van der Waals surface area contributed by atoms with E-state index in [4.69, 9.17) is 26.8 Å². The fourth-order valence-electron chi connectivity index (χ4n) is 6.53. The fraction of sp³-hybridized carbons (Fsp3) is 0.241. The predicted molar refractivity (Wildman–Crippen MR) is 147 cm³/mol. The van der Waals surface area contributed by atoms with E-state index >= 15 is 0 Å². The lowest BCUT2D eigenvalue weighted by Crippen LogP contribution is -2.52. The van der Waals surface area contributed by atoms with Crippen LogP contribution in [0.5, 0.6) is 11.5 Å². The number of carbonyl (C=O) groups is 2. The van der Waals surface area contributed by atoms with Crippen molar-refractivity contribution in [1.29, 1.82) is 0 Å². The zero-order chi connectivity index (χ0) is 26.2. The monoisotopic (exact) mass is 524 g/mol. The summed E-state index contributed by atoms with van der Waals surface area (Å²) in [7, 11) is 0. The Kier molecular flexibility index (Phi) is 4.75. The van der Waals surface area contributed by atoms with Gasteiger partial charge < -0.3 is 19.7 Å². The minimum Gasteiger partial charge on any atom is -0.454 e. The highest BCUT2D eigenvalue weighted by molar-refractivity contribution is 7.80. The summed E-state index contributed by atoms with van der Waals surface area (Å²) in [6.07, 6.45) is 0. The van der Waals surface area contributed by atoms with E-state index in [1.165, 1.54) is 5.01 Å². The highest BCUT2D eigenvalue weighted by atomic mass is 32.1. The van der Waals surface area contributed by atoms with Crippen molar-refractivity contribution < 1.29 is 19.1 Å². The molecule has 4 aliphatic rings. The van der Waals surface area contributed by atoms with Crippen molar-refractivity contribution in [1.82, 2.24) is 5.32 Å². The van der Waals surface area contributed by atoms with E-state index in [0.29, 0.717) is 29.4 Å². The number of nitrogens with one attached hydrogen (secondary N) is 1. The van der Waals surface area contributed by atoms with Gasteiger partial charge in [-0.25, -0.2) is 0 Å². The lowest BCUT2D eigenvalue weighted by molar-refractivity contribution is -0.126. The average molecular weight is 525 g/mol. The first kappa shape index (κ1) is 22.9. The van der Waals surface area contributed by atoms with Crippen molar-refractivity contribution >= 4 is 46.1 Å². The molecule has 4 heterocycles. The molecule has 8 nitrogen and oxygen atoms in total. The second kappa shape index (κ2) is 7.88. The molecule has 2 amide bonds. The molecule has 0 aliphatic carbocycles. The van der Waals surface area contributed by atoms with Crippen LogP contribution in [0.25, 0.3) is 0 Å². The highest BCUT2D eigenvalue weighted by Gasteiger charge is 2.74. The van der Waals surface area contributed by atoms with Crippen LogP contribution >= 0.6 is 12.2 Å². The fourth-order valence-corrected chi connectivity index (χ4v) is 7.04. The number of para-hydroxylation sites is 2. The van der Waals surface area contributed by atoms with Crippen molar-refractivity contribution in [2.45, 2.75) is 25.3 Å². The SMILES string of the molecule is CCN1C(=O)[C@]2(NC(=S)[C@]3(C(=O)N(c4ccccc4)N=C3C)[C@H]2c2ccc3c(c2)OCO3)c2ccccc21. The van der Waals surface area contributed by atoms with Crippen molar-refractivity contribution in [3.63, 3.8) is 0 Å². The molecule has 7 rings (SSSR count). The van der Waals surface area contributed by atoms with Gasteiger partial charge in [0.15, 0.2) is 22.5 Å². The number of rotatable bonds is 3. The van der Waals surface area contributed by atoms with Gasteiger partial charge in [-0.05, 0) is 49.7 Å². The molecule has 0 aromatic heterocycles. The van der Waals surface area contributed by atoms with E-state index < -0.39 is 16.9 Å². The molecule has 4 aliphatic heterocycles. The Balaban J connectivity index is 1.51. The Morgan fingerprint density at radius 1 is 1.00 bits per heavy atom. The van der Waals surface area contributed by atoms with Gasteiger partial charge in [-0.2, -0.15) is 10.1 Å². The van der Waals surface area contributed by atoms with Gasteiger partial charge in [0.1, 0.15) is 0 Å². The maximum Gasteiger partial charge on any atom is 0.267 e. The first-order valence-electron chi connectivity index (χ1n) is 12.5. The quantitative estimate of drug-likeness (QED) is 0.520. The summed E-state index contributed by atoms with van der Waals surface area (Å²) >= 11 is 6.02. The van der Waals surface area contributed by atoms with Crippen molar-refractivity contribution in [2.75, 3.05) is 23.2 Å². The van der Waals surface area contributed by atoms with Gasteiger partial charge in [-0.15, -0.1) is 0 Å². The van der Waals surface area contributed by atoms with Gasteiger partial charge in [0, 0.05) is 23.7 Å². The van der Waals surface area contributed by atoms with Gasteiger partial charge in [0.25, 0.3) is 11.8 Å². The first-order chi connectivity index (χ1) is 18.4. The first-order valence-corrected chi connectivity index (χ1v) is 12.9. The number of anilines is 2. The van der Waals surface area contributed by atoms with Crippen LogP contribution < -0.4 is 24.7 Å². The topological polar surface area (TPSA) is 83.5 Å². The molecule has 0 unspecified atom stereocenters. The van der Waals surface area contributed by atoms with E-state index in [2.05, 4.69) is 5.32 Å². The standard InChI is InChI=1S/C29H24N4O4S/c1-3-32-21-12-8-7-11-20(21)29(27(32)35)24(18-13-14-22-23(15-18)37-16-36-22)28(25(38)30-29)17(2)31-33(26(28)34)19-9-5-4-6-10-19/h4-15,24H,3,16H2,1-2H3,(H,30,38)/t24-,28-,29+/m1/s1. The molecule has 190 valence electrons. The van der Waals surface area contributed by atoms with Gasteiger partial charge >= 0.3 is 0 Å². The number of hydrogen-bond acceptors (Lipinski definition) is 6. The van der Waals surface area contributed by atoms with Crippen LogP contribution in [0.1, 0.15) is 30.9 Å². The summed E-state index contributed by atoms with van der Waals surface area (Å²) in [5.74, 6) is 0.0110. The zero-order valence-corrected chi connectivity index (χ0v) is 21.6. The number of carbonyl (C=O) groups excluding carboxylic acids is 2.